The van der Waals surface area contributed by atoms with E-state index in [1.54, 1.807) is 25.1 Å². The van der Waals surface area contributed by atoms with Gasteiger partial charge >= 0.3 is 0 Å². The Morgan fingerprint density at radius 3 is 1.87 bits per heavy atom. The molecule has 0 saturated heterocycles. The number of benzene rings is 8. The van der Waals surface area contributed by atoms with Crippen LogP contribution in [0.1, 0.15) is 5.56 Å². The number of aromatic hydroxyl groups is 2. The lowest BCUT2D eigenvalue weighted by molar-refractivity contribution is -0.432. The molecule has 78 heavy (non-hydrogen) atoms. The lowest BCUT2D eigenvalue weighted by Gasteiger charge is -2.11. The molecule has 1 heterocycles. The third-order valence-corrected chi connectivity index (χ3v) is 15.1. The SMILES string of the molecule is COc1cc(N=Nc2ccc3cc(SOOO)cc(S(=O)(=O)O)c3c2)c(C)cc1N=Nc1cc(O)c(N=Nc2c(SOOO)cc3cc(-n4nc5ccc6c(S(=O)(=O)O)cc(S(=O)(=O)O)cc6c5n4)ccc3c2O)cc1OC. The van der Waals surface area contributed by atoms with Gasteiger partial charge in [-0.25, -0.2) is 10.5 Å². The van der Waals surface area contributed by atoms with Crippen LogP contribution < -0.4 is 9.47 Å². The van der Waals surface area contributed by atoms with Gasteiger partial charge in [-0.2, -0.15) is 40.3 Å². The summed E-state index contributed by atoms with van der Waals surface area (Å²) in [7, 11) is -12.0. The van der Waals surface area contributed by atoms with Crippen molar-refractivity contribution in [3.63, 3.8) is 0 Å². The number of methoxy groups -OCH3 is 2. The molecule has 0 aliphatic rings. The molecule has 9 rings (SSSR count). The minimum Gasteiger partial charge on any atom is -0.506 e. The Balaban J connectivity index is 0.986. The van der Waals surface area contributed by atoms with E-state index in [1.165, 1.54) is 80.9 Å². The van der Waals surface area contributed by atoms with E-state index in [0.29, 0.717) is 52.2 Å². The topological polar surface area (TPSA) is 404 Å². The number of fused-ring (bicyclic) bond motifs is 5. The minimum atomic E-state index is -4.98. The van der Waals surface area contributed by atoms with Crippen LogP contribution in [0.4, 0.5) is 34.1 Å². The molecule has 28 nitrogen and oxygen atoms in total. The van der Waals surface area contributed by atoms with Gasteiger partial charge in [0, 0.05) is 44.6 Å². The average Bonchev–Trinajstić information content (AvgIpc) is 4.03. The highest BCUT2D eigenvalue weighted by molar-refractivity contribution is 7.95. The van der Waals surface area contributed by atoms with Crippen molar-refractivity contribution in [2.45, 2.75) is 31.4 Å². The molecule has 1 aromatic heterocycles. The summed E-state index contributed by atoms with van der Waals surface area (Å²) in [6.07, 6.45) is 0. The molecule has 402 valence electrons. The summed E-state index contributed by atoms with van der Waals surface area (Å²) >= 11 is 0.924. The quantitative estimate of drug-likeness (QED) is 0.0138. The Bertz CT molecular complexity index is 4370. The van der Waals surface area contributed by atoms with E-state index >= 15 is 0 Å². The van der Waals surface area contributed by atoms with Crippen molar-refractivity contribution in [1.82, 2.24) is 15.0 Å². The maximum Gasteiger partial charge on any atom is 0.295 e. The molecule has 0 saturated carbocycles. The van der Waals surface area contributed by atoms with E-state index < -0.39 is 56.5 Å². The Morgan fingerprint density at radius 2 is 1.19 bits per heavy atom. The Morgan fingerprint density at radius 1 is 0.551 bits per heavy atom. The summed E-state index contributed by atoms with van der Waals surface area (Å²) in [5, 5.41) is 82.7. The van der Waals surface area contributed by atoms with Crippen LogP contribution in [0, 0.1) is 6.92 Å². The van der Waals surface area contributed by atoms with Crippen LogP contribution in [0.3, 0.4) is 0 Å². The van der Waals surface area contributed by atoms with Crippen LogP contribution >= 0.6 is 24.1 Å². The van der Waals surface area contributed by atoms with Gasteiger partial charge in [-0.1, -0.05) is 22.2 Å². The minimum absolute atomic E-state index is 0.00497. The normalized spacial score (nSPS) is 12.7. The highest BCUT2D eigenvalue weighted by Crippen LogP contribution is 2.47. The van der Waals surface area contributed by atoms with E-state index in [-0.39, 0.29) is 88.0 Å². The average molecular weight is 1160 g/mol. The first-order valence-electron chi connectivity index (χ1n) is 21.4. The van der Waals surface area contributed by atoms with Crippen LogP contribution in [-0.2, 0) is 49.1 Å². The molecule has 0 amide bonds. The van der Waals surface area contributed by atoms with E-state index in [0.717, 1.165) is 16.9 Å². The molecule has 8 aromatic carbocycles. The van der Waals surface area contributed by atoms with Crippen molar-refractivity contribution >= 4 is 132 Å². The first-order valence-corrected chi connectivity index (χ1v) is 27.2. The van der Waals surface area contributed by atoms with E-state index in [2.05, 4.69) is 59.6 Å². The Hall–Kier alpha value is -7.87. The lowest BCUT2D eigenvalue weighted by Crippen LogP contribution is -2.04. The van der Waals surface area contributed by atoms with Crippen molar-refractivity contribution in [1.29, 1.82) is 0 Å². The second-order valence-electron chi connectivity index (χ2n) is 16.0. The number of aryl methyl sites for hydroxylation is 1. The van der Waals surface area contributed by atoms with Crippen molar-refractivity contribution in [3.8, 4) is 28.7 Å². The molecular weight excluding hydrogens is 1130 g/mol. The highest BCUT2D eigenvalue weighted by atomic mass is 32.2. The number of phenolic OH excluding ortho intramolecular Hbond substituents is 2. The van der Waals surface area contributed by atoms with E-state index in [4.69, 9.17) is 20.0 Å². The summed E-state index contributed by atoms with van der Waals surface area (Å²) in [6.45, 7) is 1.71. The molecule has 0 unspecified atom stereocenters. The molecule has 0 bridgehead atoms. The monoisotopic (exact) mass is 1160 g/mol. The summed E-state index contributed by atoms with van der Waals surface area (Å²) in [4.78, 5) is -0.733. The van der Waals surface area contributed by atoms with Crippen molar-refractivity contribution in [2.75, 3.05) is 14.2 Å². The molecule has 0 spiro atoms. The van der Waals surface area contributed by atoms with Crippen LogP contribution in [0.2, 0.25) is 0 Å². The number of nitrogens with zero attached hydrogens (tertiary/aromatic N) is 9. The lowest BCUT2D eigenvalue weighted by atomic mass is 10.1. The number of phenols is 2. The van der Waals surface area contributed by atoms with Gasteiger partial charge in [0.25, 0.3) is 30.4 Å². The van der Waals surface area contributed by atoms with Gasteiger partial charge < -0.3 is 19.7 Å². The van der Waals surface area contributed by atoms with Gasteiger partial charge in [-0.05, 0) is 96.1 Å². The molecular formula is C45H33N9O19S5. The summed E-state index contributed by atoms with van der Waals surface area (Å²) in [5.41, 5.74) is 1.39. The standard InChI is InChI=1S/C45H33N9O19S5/c1-21-10-35(38(68-2)19-33(21)47-46-24-5-4-22-12-26(74-72-70-57)15-41(30(22)14-24)77(62,63)64)49-50-36-18-37(55)34(20-39(36)69-3)48-51-44-40(75-73-71-58)13-23-11-25(6-7-28(23)45(44)56)54-52-32-9-8-29-31(43(32)53-54)16-27(76(59,60)61)17-42(29)78(65,66)67/h4-20,55-58H,1-3H3,(H,59,60,61)(H,62,63,64)(H,65,66,67). The van der Waals surface area contributed by atoms with Crippen LogP contribution in [0.5, 0.6) is 23.0 Å². The molecule has 0 aliphatic carbocycles. The van der Waals surface area contributed by atoms with Gasteiger partial charge in [0.15, 0.2) is 5.75 Å². The molecule has 0 fully saturated rings. The van der Waals surface area contributed by atoms with Crippen LogP contribution in [-0.4, -0.2) is 88.9 Å². The fourth-order valence-corrected chi connectivity index (χ4v) is 10.9. The predicted molar refractivity (Wildman–Crippen MR) is 275 cm³/mol. The highest BCUT2D eigenvalue weighted by Gasteiger charge is 2.24. The summed E-state index contributed by atoms with van der Waals surface area (Å²) in [6, 6.07) is 22.9. The fourth-order valence-electron chi connectivity index (χ4n) is 7.77. The number of hydrogen-bond acceptors (Lipinski definition) is 26. The molecule has 33 heteroatoms. The van der Waals surface area contributed by atoms with Crippen LogP contribution in [0.15, 0.2) is 158 Å². The van der Waals surface area contributed by atoms with Gasteiger partial charge in [0.05, 0.1) is 65.2 Å². The van der Waals surface area contributed by atoms with E-state index in [9.17, 15) is 49.1 Å². The maximum absolute atomic E-state index is 12.3. The number of azo groups is 3. The van der Waals surface area contributed by atoms with E-state index in [1.807, 2.05) is 0 Å². The first-order chi connectivity index (χ1) is 37.1. The molecule has 0 aliphatic heterocycles. The fraction of sp³-hybridized carbons (Fsp3) is 0.0667. The second-order valence-corrected chi connectivity index (χ2v) is 21.8. The third kappa shape index (κ3) is 11.4. The largest absolute Gasteiger partial charge is 0.506 e. The van der Waals surface area contributed by atoms with Gasteiger partial charge in [0.1, 0.15) is 60.8 Å². The van der Waals surface area contributed by atoms with Crippen molar-refractivity contribution < 1.29 is 87.9 Å². The van der Waals surface area contributed by atoms with Gasteiger partial charge in [-0.15, -0.1) is 39.3 Å². The molecule has 0 radical (unpaired) electrons. The zero-order chi connectivity index (χ0) is 55.8. The smallest absolute Gasteiger partial charge is 0.295 e. The molecule has 7 N–H and O–H groups in total. The van der Waals surface area contributed by atoms with Crippen molar-refractivity contribution in [3.05, 3.63) is 109 Å². The molecule has 0 atom stereocenters. The number of aromatic nitrogens is 3. The number of hydrogen-bond donors (Lipinski definition) is 7. The predicted octanol–water partition coefficient (Wildman–Crippen LogP) is 11.5. The molecule has 9 aromatic rings. The van der Waals surface area contributed by atoms with Gasteiger partial charge in [-0.3, -0.25) is 13.7 Å². The zero-order valence-corrected chi connectivity index (χ0v) is 43.5. The zero-order valence-electron chi connectivity index (χ0n) is 39.4. The number of ether oxygens (including phenoxy) is 2. The maximum atomic E-state index is 12.3. The number of rotatable bonds is 18. The van der Waals surface area contributed by atoms with Gasteiger partial charge in [0.2, 0.25) is 0 Å². The summed E-state index contributed by atoms with van der Waals surface area (Å²) in [5.74, 6) is -0.652. The third-order valence-electron chi connectivity index (χ3n) is 11.3. The van der Waals surface area contributed by atoms with Crippen LogP contribution in [0.25, 0.3) is 49.0 Å². The second kappa shape index (κ2) is 21.9. The first kappa shape index (κ1) is 54.9. The van der Waals surface area contributed by atoms with Crippen molar-refractivity contribution in [2.24, 2.45) is 30.7 Å². The Kier molecular flexibility index (Phi) is 15.4. The Labute approximate surface area is 446 Å². The summed E-state index contributed by atoms with van der Waals surface area (Å²) < 4.78 is 123.